The van der Waals surface area contributed by atoms with E-state index in [-0.39, 0.29) is 5.75 Å². The Morgan fingerprint density at radius 1 is 1.53 bits per heavy atom. The molecule has 1 heterocycles. The van der Waals surface area contributed by atoms with E-state index in [0.717, 1.165) is 11.8 Å². The molecule has 0 amide bonds. The van der Waals surface area contributed by atoms with Crippen molar-refractivity contribution < 1.29 is 23.1 Å². The molecule has 2 unspecified atom stereocenters. The number of rotatable bonds is 3. The predicted molar refractivity (Wildman–Crippen MR) is 59.9 cm³/mol. The summed E-state index contributed by atoms with van der Waals surface area (Å²) in [5, 5.41) is 17.6. The molecule has 1 aliphatic heterocycles. The van der Waals surface area contributed by atoms with Crippen LogP contribution >= 0.6 is 23.5 Å². The first-order valence-electron chi connectivity index (χ1n) is 4.73. The molecule has 0 aromatic heterocycles. The molecule has 1 rings (SSSR count). The van der Waals surface area contributed by atoms with E-state index in [1.54, 1.807) is 6.07 Å². The molecule has 0 aliphatic carbocycles. The molecule has 2 atom stereocenters. The van der Waals surface area contributed by atoms with Crippen molar-refractivity contribution in [3.8, 4) is 6.07 Å². The molecular formula is C9H10F3NO2S2. The lowest BCUT2D eigenvalue weighted by Gasteiger charge is -2.37. The maximum atomic E-state index is 12.9. The van der Waals surface area contributed by atoms with Crippen molar-refractivity contribution in [3.05, 3.63) is 0 Å². The van der Waals surface area contributed by atoms with Gasteiger partial charge in [0.05, 0.1) is 18.4 Å². The van der Waals surface area contributed by atoms with E-state index in [1.807, 2.05) is 0 Å². The van der Waals surface area contributed by atoms with Crippen LogP contribution in [0.1, 0.15) is 6.42 Å². The minimum absolute atomic E-state index is 0.0195. The highest BCUT2D eigenvalue weighted by Gasteiger charge is 2.55. The first-order valence-corrected chi connectivity index (χ1v) is 6.87. The van der Waals surface area contributed by atoms with Crippen molar-refractivity contribution in [2.45, 2.75) is 17.3 Å². The Balaban J connectivity index is 3.01. The highest BCUT2D eigenvalue weighted by atomic mass is 32.2. The molecule has 1 aliphatic rings. The zero-order chi connectivity index (χ0) is 13.1. The predicted octanol–water partition coefficient (Wildman–Crippen LogP) is 2.38. The number of carboxylic acids is 1. The fourth-order valence-electron chi connectivity index (χ4n) is 1.61. The minimum atomic E-state index is -4.67. The standard InChI is InChI=1S/C9H10F3NO2S2/c10-9(11,12)6(3-7(14)15)8(4-13)5-16-1-2-17-8/h6H,1-3,5H2,(H,14,15). The monoisotopic (exact) mass is 285 g/mol. The molecule has 0 aromatic carbocycles. The van der Waals surface area contributed by atoms with Gasteiger partial charge < -0.3 is 5.11 Å². The summed E-state index contributed by atoms with van der Waals surface area (Å²) >= 11 is 2.18. The van der Waals surface area contributed by atoms with E-state index < -0.39 is 29.2 Å². The van der Waals surface area contributed by atoms with Crippen LogP contribution in [0.15, 0.2) is 0 Å². The summed E-state index contributed by atoms with van der Waals surface area (Å²) in [5.74, 6) is -2.50. The average Bonchev–Trinajstić information content (AvgIpc) is 2.25. The summed E-state index contributed by atoms with van der Waals surface area (Å²) in [6.45, 7) is 0. The van der Waals surface area contributed by atoms with Crippen LogP contribution in [0, 0.1) is 17.2 Å². The van der Waals surface area contributed by atoms with Gasteiger partial charge >= 0.3 is 12.1 Å². The van der Waals surface area contributed by atoms with Gasteiger partial charge in [0.25, 0.3) is 0 Å². The second-order valence-electron chi connectivity index (χ2n) is 3.59. The number of carboxylic acid groups (broad SMARTS) is 1. The number of carbonyl (C=O) groups is 1. The van der Waals surface area contributed by atoms with Crippen LogP contribution < -0.4 is 0 Å². The molecule has 0 aromatic rings. The number of halogens is 3. The first-order chi connectivity index (χ1) is 7.82. The number of nitrogens with zero attached hydrogens (tertiary/aromatic N) is 1. The van der Waals surface area contributed by atoms with Crippen molar-refractivity contribution >= 4 is 29.5 Å². The minimum Gasteiger partial charge on any atom is -0.481 e. The maximum Gasteiger partial charge on any atom is 0.394 e. The van der Waals surface area contributed by atoms with E-state index in [4.69, 9.17) is 10.4 Å². The smallest absolute Gasteiger partial charge is 0.394 e. The zero-order valence-electron chi connectivity index (χ0n) is 8.66. The summed E-state index contributed by atoms with van der Waals surface area (Å²) in [5.41, 5.74) is 0. The number of hydrogen-bond donors (Lipinski definition) is 1. The van der Waals surface area contributed by atoms with E-state index in [1.165, 1.54) is 11.8 Å². The van der Waals surface area contributed by atoms with Crippen LogP contribution in [0.4, 0.5) is 13.2 Å². The van der Waals surface area contributed by atoms with Crippen LogP contribution in [0.25, 0.3) is 0 Å². The molecule has 3 nitrogen and oxygen atoms in total. The molecular weight excluding hydrogens is 275 g/mol. The second-order valence-corrected chi connectivity index (χ2v) is 6.12. The lowest BCUT2D eigenvalue weighted by atomic mass is 9.90. The fraction of sp³-hybridized carbons (Fsp3) is 0.778. The Kier molecular flexibility index (Phi) is 4.61. The van der Waals surface area contributed by atoms with Crippen molar-refractivity contribution in [1.82, 2.24) is 0 Å². The molecule has 0 radical (unpaired) electrons. The summed E-state index contributed by atoms with van der Waals surface area (Å²) in [6, 6.07) is 1.69. The van der Waals surface area contributed by atoms with Gasteiger partial charge in [-0.2, -0.15) is 30.2 Å². The fourth-order valence-corrected chi connectivity index (χ4v) is 4.56. The molecule has 0 bridgehead atoms. The summed E-state index contributed by atoms with van der Waals surface area (Å²) in [6.07, 6.45) is -5.72. The van der Waals surface area contributed by atoms with Crippen LogP contribution in [0.2, 0.25) is 0 Å². The van der Waals surface area contributed by atoms with Gasteiger partial charge in [-0.15, -0.1) is 11.8 Å². The lowest BCUT2D eigenvalue weighted by molar-refractivity contribution is -0.186. The van der Waals surface area contributed by atoms with Crippen LogP contribution in [0.3, 0.4) is 0 Å². The van der Waals surface area contributed by atoms with Gasteiger partial charge in [0, 0.05) is 17.3 Å². The van der Waals surface area contributed by atoms with E-state index in [2.05, 4.69) is 0 Å². The van der Waals surface area contributed by atoms with Crippen LogP contribution in [-0.4, -0.2) is 39.3 Å². The Morgan fingerprint density at radius 2 is 2.18 bits per heavy atom. The SMILES string of the molecule is N#CC1(C(CC(=O)O)C(F)(F)F)CSCCS1. The van der Waals surface area contributed by atoms with Crippen LogP contribution in [0.5, 0.6) is 0 Å². The van der Waals surface area contributed by atoms with Gasteiger partial charge in [0.2, 0.25) is 0 Å². The Bertz CT molecular complexity index is 334. The number of thioether (sulfide) groups is 2. The Labute approximate surface area is 105 Å². The Hall–Kier alpha value is -0.550. The van der Waals surface area contributed by atoms with E-state index >= 15 is 0 Å². The van der Waals surface area contributed by atoms with Gasteiger partial charge in [-0.3, -0.25) is 4.79 Å². The summed E-state index contributed by atoms with van der Waals surface area (Å²) in [7, 11) is 0. The quantitative estimate of drug-likeness (QED) is 0.862. The largest absolute Gasteiger partial charge is 0.481 e. The molecule has 0 spiro atoms. The first kappa shape index (κ1) is 14.5. The lowest BCUT2D eigenvalue weighted by Crippen LogP contribution is -2.47. The highest BCUT2D eigenvalue weighted by Crippen LogP contribution is 2.48. The molecule has 0 saturated carbocycles. The van der Waals surface area contributed by atoms with Gasteiger partial charge in [-0.25, -0.2) is 0 Å². The van der Waals surface area contributed by atoms with Crippen molar-refractivity contribution in [2.75, 3.05) is 17.3 Å². The highest BCUT2D eigenvalue weighted by molar-refractivity contribution is 8.07. The number of alkyl halides is 3. The second kappa shape index (κ2) is 5.40. The van der Waals surface area contributed by atoms with Gasteiger partial charge in [-0.05, 0) is 0 Å². The summed E-state index contributed by atoms with van der Waals surface area (Å²) < 4.78 is 36.9. The number of aliphatic carboxylic acids is 1. The molecule has 1 saturated heterocycles. The zero-order valence-corrected chi connectivity index (χ0v) is 10.3. The molecule has 1 N–H and O–H groups in total. The third-order valence-corrected chi connectivity index (χ3v) is 5.47. The topological polar surface area (TPSA) is 61.1 Å². The van der Waals surface area contributed by atoms with Gasteiger partial charge in [0.15, 0.2) is 0 Å². The average molecular weight is 285 g/mol. The molecule has 1 fully saturated rings. The third kappa shape index (κ3) is 3.45. The molecule has 8 heteroatoms. The van der Waals surface area contributed by atoms with Crippen molar-refractivity contribution in [1.29, 1.82) is 5.26 Å². The number of hydrogen-bond acceptors (Lipinski definition) is 4. The normalized spacial score (nSPS) is 27.2. The van der Waals surface area contributed by atoms with E-state index in [9.17, 15) is 18.0 Å². The van der Waals surface area contributed by atoms with E-state index in [0.29, 0.717) is 11.5 Å². The van der Waals surface area contributed by atoms with Crippen molar-refractivity contribution in [2.24, 2.45) is 5.92 Å². The maximum absolute atomic E-state index is 12.9. The molecule has 96 valence electrons. The van der Waals surface area contributed by atoms with Crippen molar-refractivity contribution in [3.63, 3.8) is 0 Å². The third-order valence-electron chi connectivity index (χ3n) is 2.43. The number of nitriles is 1. The van der Waals surface area contributed by atoms with Crippen LogP contribution in [-0.2, 0) is 4.79 Å². The Morgan fingerprint density at radius 3 is 2.53 bits per heavy atom. The molecule has 17 heavy (non-hydrogen) atoms. The van der Waals surface area contributed by atoms with Gasteiger partial charge in [-0.1, -0.05) is 0 Å². The van der Waals surface area contributed by atoms with Gasteiger partial charge in [0.1, 0.15) is 4.75 Å². The summed E-state index contributed by atoms with van der Waals surface area (Å²) in [4.78, 5) is 10.5.